The molecule has 17 heavy (non-hydrogen) atoms. The first-order chi connectivity index (χ1) is 8.24. The summed E-state index contributed by atoms with van der Waals surface area (Å²) in [6.07, 6.45) is 0.989. The Labute approximate surface area is 104 Å². The minimum atomic E-state index is 0.117. The van der Waals surface area contributed by atoms with Crippen molar-refractivity contribution in [3.8, 4) is 0 Å². The van der Waals surface area contributed by atoms with Crippen molar-refractivity contribution in [2.75, 3.05) is 25.0 Å². The zero-order valence-corrected chi connectivity index (χ0v) is 11.0. The second-order valence-corrected chi connectivity index (χ2v) is 3.96. The molecule has 0 heterocycles. The summed E-state index contributed by atoms with van der Waals surface area (Å²) in [7, 11) is 0. The van der Waals surface area contributed by atoms with E-state index in [1.54, 1.807) is 0 Å². The van der Waals surface area contributed by atoms with Gasteiger partial charge in [-0.3, -0.25) is 4.79 Å². The molecule has 0 aliphatic heterocycles. The molecule has 1 rings (SSSR count). The molecule has 0 saturated carbocycles. The highest BCUT2D eigenvalue weighted by Gasteiger charge is 2.16. The molecule has 94 valence electrons. The van der Waals surface area contributed by atoms with Crippen molar-refractivity contribution in [2.45, 2.75) is 27.2 Å². The van der Waals surface area contributed by atoms with Crippen molar-refractivity contribution in [2.24, 2.45) is 0 Å². The standard InChI is InChI=1S/C14H22N2O/c1-4-11-16(6-3)14(17)12-9-7-8-10-13(12)15-5-2/h7-10,15H,4-6,11H2,1-3H3. The number of amides is 1. The molecular weight excluding hydrogens is 212 g/mol. The van der Waals surface area contributed by atoms with Gasteiger partial charge in [0.25, 0.3) is 5.91 Å². The van der Waals surface area contributed by atoms with Gasteiger partial charge in [0.15, 0.2) is 0 Å². The molecule has 0 atom stereocenters. The second-order valence-electron chi connectivity index (χ2n) is 3.96. The van der Waals surface area contributed by atoms with Gasteiger partial charge in [-0.05, 0) is 32.4 Å². The molecule has 0 radical (unpaired) electrons. The summed E-state index contributed by atoms with van der Waals surface area (Å²) in [6, 6.07) is 7.70. The molecule has 1 aromatic carbocycles. The lowest BCUT2D eigenvalue weighted by molar-refractivity contribution is 0.0765. The van der Waals surface area contributed by atoms with Crippen molar-refractivity contribution in [3.05, 3.63) is 29.8 Å². The lowest BCUT2D eigenvalue weighted by Gasteiger charge is -2.21. The number of anilines is 1. The number of benzene rings is 1. The monoisotopic (exact) mass is 234 g/mol. The number of hydrogen-bond acceptors (Lipinski definition) is 2. The van der Waals surface area contributed by atoms with Crippen LogP contribution in [0.2, 0.25) is 0 Å². The third kappa shape index (κ3) is 3.48. The van der Waals surface area contributed by atoms with Crippen LogP contribution >= 0.6 is 0 Å². The Kier molecular flexibility index (Phi) is 5.53. The maximum absolute atomic E-state index is 12.3. The largest absolute Gasteiger partial charge is 0.385 e. The summed E-state index contributed by atoms with van der Waals surface area (Å²) < 4.78 is 0. The number of carbonyl (C=O) groups excluding carboxylic acids is 1. The Bertz CT molecular complexity index is 363. The Hall–Kier alpha value is -1.51. The molecule has 3 heteroatoms. The summed E-state index contributed by atoms with van der Waals surface area (Å²) in [5.74, 6) is 0.117. The summed E-state index contributed by atoms with van der Waals surface area (Å²) in [5, 5.41) is 3.23. The van der Waals surface area contributed by atoms with E-state index in [0.29, 0.717) is 0 Å². The lowest BCUT2D eigenvalue weighted by atomic mass is 10.1. The minimum absolute atomic E-state index is 0.117. The van der Waals surface area contributed by atoms with Gasteiger partial charge in [-0.2, -0.15) is 0 Å². The maximum atomic E-state index is 12.3. The van der Waals surface area contributed by atoms with Crippen molar-refractivity contribution in [3.63, 3.8) is 0 Å². The number of para-hydroxylation sites is 1. The van der Waals surface area contributed by atoms with E-state index < -0.39 is 0 Å². The van der Waals surface area contributed by atoms with Crippen molar-refractivity contribution in [1.82, 2.24) is 4.90 Å². The fourth-order valence-electron chi connectivity index (χ4n) is 1.86. The number of nitrogens with one attached hydrogen (secondary N) is 1. The SMILES string of the molecule is CCCN(CC)C(=O)c1ccccc1NCC. The smallest absolute Gasteiger partial charge is 0.255 e. The summed E-state index contributed by atoms with van der Waals surface area (Å²) >= 11 is 0. The number of nitrogens with zero attached hydrogens (tertiary/aromatic N) is 1. The van der Waals surface area contributed by atoms with E-state index in [1.807, 2.05) is 43.0 Å². The van der Waals surface area contributed by atoms with Crippen LogP contribution in [0.15, 0.2) is 24.3 Å². The fourth-order valence-corrected chi connectivity index (χ4v) is 1.86. The average Bonchev–Trinajstić information content (AvgIpc) is 2.36. The van der Waals surface area contributed by atoms with E-state index in [-0.39, 0.29) is 5.91 Å². The molecule has 0 aromatic heterocycles. The molecule has 3 nitrogen and oxygen atoms in total. The molecule has 1 N–H and O–H groups in total. The number of carbonyl (C=O) groups is 1. The van der Waals surface area contributed by atoms with E-state index in [4.69, 9.17) is 0 Å². The van der Waals surface area contributed by atoms with Gasteiger partial charge in [-0.25, -0.2) is 0 Å². The molecule has 0 unspecified atom stereocenters. The van der Waals surface area contributed by atoms with Crippen LogP contribution in [-0.2, 0) is 0 Å². The van der Waals surface area contributed by atoms with E-state index in [9.17, 15) is 4.79 Å². The van der Waals surface area contributed by atoms with Gasteiger partial charge in [0.05, 0.1) is 5.56 Å². The summed E-state index contributed by atoms with van der Waals surface area (Å²) in [6.45, 7) is 8.54. The van der Waals surface area contributed by atoms with Crippen molar-refractivity contribution >= 4 is 11.6 Å². The van der Waals surface area contributed by atoms with Gasteiger partial charge in [0, 0.05) is 25.3 Å². The predicted molar refractivity (Wildman–Crippen MR) is 72.5 cm³/mol. The Balaban J connectivity index is 2.93. The van der Waals surface area contributed by atoms with Gasteiger partial charge in [-0.1, -0.05) is 19.1 Å². The van der Waals surface area contributed by atoms with Crippen LogP contribution in [-0.4, -0.2) is 30.4 Å². The first-order valence-corrected chi connectivity index (χ1v) is 6.36. The second kappa shape index (κ2) is 6.94. The molecule has 0 spiro atoms. The highest BCUT2D eigenvalue weighted by atomic mass is 16.2. The Morgan fingerprint density at radius 2 is 1.94 bits per heavy atom. The summed E-state index contributed by atoms with van der Waals surface area (Å²) in [4.78, 5) is 14.2. The van der Waals surface area contributed by atoms with E-state index >= 15 is 0 Å². The Morgan fingerprint density at radius 1 is 1.24 bits per heavy atom. The van der Waals surface area contributed by atoms with Crippen LogP contribution in [0.25, 0.3) is 0 Å². The first kappa shape index (κ1) is 13.6. The van der Waals surface area contributed by atoms with Crippen molar-refractivity contribution in [1.29, 1.82) is 0 Å². The van der Waals surface area contributed by atoms with E-state index in [0.717, 1.165) is 37.3 Å². The molecule has 0 aliphatic carbocycles. The molecule has 1 aromatic rings. The van der Waals surface area contributed by atoms with Gasteiger partial charge < -0.3 is 10.2 Å². The van der Waals surface area contributed by atoms with Crippen molar-refractivity contribution < 1.29 is 4.79 Å². The maximum Gasteiger partial charge on any atom is 0.255 e. The highest BCUT2D eigenvalue weighted by molar-refractivity contribution is 5.99. The quantitative estimate of drug-likeness (QED) is 0.820. The van der Waals surface area contributed by atoms with E-state index in [2.05, 4.69) is 12.2 Å². The third-order valence-electron chi connectivity index (χ3n) is 2.69. The van der Waals surface area contributed by atoms with Crippen LogP contribution in [0.3, 0.4) is 0 Å². The molecule has 0 fully saturated rings. The topological polar surface area (TPSA) is 32.3 Å². The Morgan fingerprint density at radius 3 is 2.53 bits per heavy atom. The van der Waals surface area contributed by atoms with Gasteiger partial charge in [0.2, 0.25) is 0 Å². The normalized spacial score (nSPS) is 10.1. The zero-order valence-electron chi connectivity index (χ0n) is 11.0. The predicted octanol–water partition coefficient (Wildman–Crippen LogP) is 2.99. The van der Waals surface area contributed by atoms with Crippen LogP contribution in [0.4, 0.5) is 5.69 Å². The highest BCUT2D eigenvalue weighted by Crippen LogP contribution is 2.17. The lowest BCUT2D eigenvalue weighted by Crippen LogP contribution is -2.32. The van der Waals surface area contributed by atoms with Crippen LogP contribution < -0.4 is 5.32 Å². The van der Waals surface area contributed by atoms with Gasteiger partial charge in [0.1, 0.15) is 0 Å². The van der Waals surface area contributed by atoms with E-state index in [1.165, 1.54) is 0 Å². The van der Waals surface area contributed by atoms with Crippen LogP contribution in [0.1, 0.15) is 37.6 Å². The van der Waals surface area contributed by atoms with Gasteiger partial charge >= 0.3 is 0 Å². The molecule has 0 bridgehead atoms. The van der Waals surface area contributed by atoms with Crippen LogP contribution in [0.5, 0.6) is 0 Å². The fraction of sp³-hybridized carbons (Fsp3) is 0.500. The molecule has 1 amide bonds. The molecular formula is C14H22N2O. The number of rotatable bonds is 6. The summed E-state index contributed by atoms with van der Waals surface area (Å²) in [5.41, 5.74) is 1.69. The molecule has 0 saturated heterocycles. The number of hydrogen-bond donors (Lipinski definition) is 1. The van der Waals surface area contributed by atoms with Gasteiger partial charge in [-0.15, -0.1) is 0 Å². The third-order valence-corrected chi connectivity index (χ3v) is 2.69. The van der Waals surface area contributed by atoms with Crippen LogP contribution in [0, 0.1) is 0 Å². The molecule has 0 aliphatic rings. The average molecular weight is 234 g/mol. The zero-order chi connectivity index (χ0) is 12.7. The first-order valence-electron chi connectivity index (χ1n) is 6.36. The minimum Gasteiger partial charge on any atom is -0.385 e.